The normalized spacial score (nSPS) is 12.7. The molecule has 6 heteroatoms. The van der Waals surface area contributed by atoms with Gasteiger partial charge in [0.05, 0.1) is 19.6 Å². The predicted octanol–water partition coefficient (Wildman–Crippen LogP) is 20.6. The maximum atomic E-state index is 5.78. The van der Waals surface area contributed by atoms with E-state index in [1.807, 2.05) is 0 Å². The Morgan fingerprint density at radius 1 is 0.294 bits per heavy atom. The minimum atomic E-state index is -0.667. The van der Waals surface area contributed by atoms with E-state index in [4.69, 9.17) is 9.47 Å². The molecule has 0 radical (unpaired) electrons. The van der Waals surface area contributed by atoms with Crippen LogP contribution in [0.15, 0.2) is 267 Å². The van der Waals surface area contributed by atoms with Crippen molar-refractivity contribution in [1.29, 1.82) is 0 Å². The first-order valence-corrected chi connectivity index (χ1v) is 29.6. The zero-order chi connectivity index (χ0) is 56.9. The Bertz CT molecular complexity index is 4630. The largest absolute Gasteiger partial charge is 0.497 e. The monoisotopic (exact) mass is 1100 g/mol. The Kier molecular flexibility index (Phi) is 11.7. The van der Waals surface area contributed by atoms with E-state index in [1.54, 1.807) is 14.2 Å². The van der Waals surface area contributed by atoms with Crippen molar-refractivity contribution in [3.8, 4) is 56.0 Å². The van der Waals surface area contributed by atoms with Gasteiger partial charge in [-0.2, -0.15) is 0 Å². The Labute approximate surface area is 495 Å². The fourth-order valence-electron chi connectivity index (χ4n) is 14.5. The van der Waals surface area contributed by atoms with Crippen LogP contribution < -0.4 is 19.3 Å². The lowest BCUT2D eigenvalue weighted by atomic mass is 9.70. The number of aromatic nitrogens is 2. The van der Waals surface area contributed by atoms with Gasteiger partial charge >= 0.3 is 0 Å². The molecule has 0 N–H and O–H groups in total. The van der Waals surface area contributed by atoms with Gasteiger partial charge < -0.3 is 28.4 Å². The molecule has 0 amide bonds. The highest BCUT2D eigenvalue weighted by Crippen LogP contribution is 2.64. The number of nitrogens with zero attached hydrogens (tertiary/aromatic N) is 4. The summed E-state index contributed by atoms with van der Waals surface area (Å²) in [5.74, 6) is 1.62. The number of ether oxygens (including phenoxy) is 2. The van der Waals surface area contributed by atoms with Crippen LogP contribution in [0.25, 0.3) is 88.1 Å². The van der Waals surface area contributed by atoms with Crippen LogP contribution in [-0.4, -0.2) is 23.4 Å². The van der Waals surface area contributed by atoms with E-state index in [0.29, 0.717) is 0 Å². The average molecular weight is 1100 g/mol. The number of anilines is 6. The van der Waals surface area contributed by atoms with Gasteiger partial charge in [-0.3, -0.25) is 0 Å². The van der Waals surface area contributed by atoms with Crippen LogP contribution in [0.1, 0.15) is 36.1 Å². The van der Waals surface area contributed by atoms with E-state index in [0.717, 1.165) is 58.7 Å². The molecular formula is C79H60N4O2. The van der Waals surface area contributed by atoms with E-state index in [9.17, 15) is 0 Å². The van der Waals surface area contributed by atoms with Crippen molar-refractivity contribution < 1.29 is 9.47 Å². The summed E-state index contributed by atoms with van der Waals surface area (Å²) >= 11 is 0. The Balaban J connectivity index is 0.910. The van der Waals surface area contributed by atoms with E-state index in [2.05, 4.69) is 300 Å². The summed E-state index contributed by atoms with van der Waals surface area (Å²) in [6, 6.07) is 99.0. The molecular weight excluding hydrogens is 1040 g/mol. The molecule has 6 nitrogen and oxygen atoms in total. The molecule has 0 unspecified atom stereocenters. The van der Waals surface area contributed by atoms with Crippen LogP contribution >= 0.6 is 0 Å². The number of methoxy groups -OCH3 is 2. The van der Waals surface area contributed by atoms with Gasteiger partial charge in [-0.15, -0.1) is 0 Å². The van der Waals surface area contributed by atoms with Gasteiger partial charge in [0.25, 0.3) is 0 Å². The van der Waals surface area contributed by atoms with Crippen molar-refractivity contribution in [2.24, 2.45) is 0 Å². The van der Waals surface area contributed by atoms with E-state index < -0.39 is 5.41 Å². The number of hydrogen-bond acceptors (Lipinski definition) is 4. The van der Waals surface area contributed by atoms with Gasteiger partial charge in [-0.1, -0.05) is 133 Å². The zero-order valence-electron chi connectivity index (χ0n) is 47.9. The molecule has 0 fully saturated rings. The number of benzene rings is 12. The second-order valence-electron chi connectivity index (χ2n) is 22.5. The molecule has 1 spiro atoms. The molecule has 0 aliphatic heterocycles. The summed E-state index contributed by atoms with van der Waals surface area (Å²) in [5, 5.41) is 4.91. The van der Waals surface area contributed by atoms with Crippen molar-refractivity contribution in [3.63, 3.8) is 0 Å². The Morgan fingerprint density at radius 2 is 0.624 bits per heavy atom. The maximum absolute atomic E-state index is 5.78. The number of hydrogen-bond donors (Lipinski definition) is 0. The summed E-state index contributed by atoms with van der Waals surface area (Å²) in [7, 11) is 3.47. The molecule has 0 saturated carbocycles. The van der Waals surface area contributed by atoms with E-state index in [1.165, 1.54) is 110 Å². The van der Waals surface area contributed by atoms with Gasteiger partial charge in [0.15, 0.2) is 0 Å². The molecule has 0 atom stereocenters. The smallest absolute Gasteiger partial charge is 0.119 e. The quantitative estimate of drug-likeness (QED) is 0.122. The summed E-state index contributed by atoms with van der Waals surface area (Å²) in [6.07, 6.45) is 0. The van der Waals surface area contributed by atoms with Crippen LogP contribution in [0.5, 0.6) is 11.5 Å². The molecule has 12 aromatic carbocycles. The van der Waals surface area contributed by atoms with Gasteiger partial charge in [0, 0.05) is 90.8 Å². The molecule has 16 rings (SSSR count). The molecule has 85 heavy (non-hydrogen) atoms. The molecule has 2 aliphatic carbocycles. The number of rotatable bonds is 12. The Hall–Kier alpha value is -10.6. The summed E-state index contributed by atoms with van der Waals surface area (Å²) in [6.45, 7) is 6.20. The summed E-state index contributed by atoms with van der Waals surface area (Å²) in [5.41, 5.74) is 25.4. The summed E-state index contributed by atoms with van der Waals surface area (Å²) in [4.78, 5) is 4.87. The maximum Gasteiger partial charge on any atom is 0.119 e. The molecule has 2 aliphatic rings. The van der Waals surface area contributed by atoms with E-state index >= 15 is 0 Å². The minimum absolute atomic E-state index is 0.667. The first-order chi connectivity index (χ1) is 41.9. The fraction of sp³-hybridized carbons (Fsp3) is 0.0886. The fourth-order valence-corrected chi connectivity index (χ4v) is 14.5. The molecule has 0 bridgehead atoms. The Morgan fingerprint density at radius 3 is 1.02 bits per heavy atom. The first kappa shape index (κ1) is 50.2. The third kappa shape index (κ3) is 7.64. The van der Waals surface area contributed by atoms with Crippen molar-refractivity contribution in [1.82, 2.24) is 9.13 Å². The third-order valence-electron chi connectivity index (χ3n) is 18.3. The molecule has 14 aromatic rings. The SMILES string of the molecule is CCn1c2ccc(-c3ccccc3)cc2c2cc(N(c3ccc(OC)cc3)c3ccc4c(c3)C3(c5ccccc5-c5ccccc53)c3cc(N(c5ccc(OC)cc5)c5ccc6c(c5)c5cc(-c7ccccc7)ccc5n6CC)ccc3-4)ccc21. The molecule has 2 aromatic heterocycles. The van der Waals surface area contributed by atoms with Crippen LogP contribution in [0.2, 0.25) is 0 Å². The average Bonchev–Trinajstić information content (AvgIpc) is 1.64. The van der Waals surface area contributed by atoms with Gasteiger partial charge in [-0.05, 0) is 214 Å². The summed E-state index contributed by atoms with van der Waals surface area (Å²) < 4.78 is 16.4. The highest BCUT2D eigenvalue weighted by atomic mass is 16.5. The van der Waals surface area contributed by atoms with Gasteiger partial charge in [0.2, 0.25) is 0 Å². The van der Waals surface area contributed by atoms with Crippen LogP contribution in [0.4, 0.5) is 34.1 Å². The standard InChI is InChI=1S/C79H60N4O2/c1-5-80-75-41-25-53(51-17-9-7-10-18-51)45-67(75)69-47-57(33-43-77(69)80)82(55-27-35-61(84-3)36-28-55)59-31-39-65-66-40-32-60(50-74(66)79(73(65)49-59)71-23-15-13-21-63(71)64-22-14-16-24-72(64)79)83(56-29-37-62(85-4)38-30-56)58-34-44-78-70(48-58)68-46-54(52-19-11-8-12-20-52)26-42-76(68)81(78)6-2/h7-50H,5-6H2,1-4H3. The van der Waals surface area contributed by atoms with Crippen LogP contribution in [0.3, 0.4) is 0 Å². The van der Waals surface area contributed by atoms with Crippen LogP contribution in [-0.2, 0) is 18.5 Å². The molecule has 408 valence electrons. The minimum Gasteiger partial charge on any atom is -0.497 e. The second-order valence-corrected chi connectivity index (χ2v) is 22.5. The van der Waals surface area contributed by atoms with Crippen LogP contribution in [0, 0.1) is 0 Å². The number of aryl methyl sites for hydroxylation is 2. The van der Waals surface area contributed by atoms with Gasteiger partial charge in [-0.25, -0.2) is 0 Å². The lowest BCUT2D eigenvalue weighted by molar-refractivity contribution is 0.414. The van der Waals surface area contributed by atoms with Crippen molar-refractivity contribution in [2.75, 3.05) is 24.0 Å². The lowest BCUT2D eigenvalue weighted by Crippen LogP contribution is -2.26. The predicted molar refractivity (Wildman–Crippen MR) is 353 cm³/mol. The second kappa shape index (κ2) is 19.8. The van der Waals surface area contributed by atoms with Crippen molar-refractivity contribution in [2.45, 2.75) is 32.4 Å². The zero-order valence-corrected chi connectivity index (χ0v) is 47.9. The first-order valence-electron chi connectivity index (χ1n) is 29.6. The highest BCUT2D eigenvalue weighted by molar-refractivity contribution is 6.12. The highest BCUT2D eigenvalue weighted by Gasteiger charge is 2.52. The topological polar surface area (TPSA) is 34.8 Å². The van der Waals surface area contributed by atoms with Gasteiger partial charge in [0.1, 0.15) is 11.5 Å². The molecule has 2 heterocycles. The van der Waals surface area contributed by atoms with E-state index in [-0.39, 0.29) is 0 Å². The third-order valence-corrected chi connectivity index (χ3v) is 18.3. The molecule has 0 saturated heterocycles. The van der Waals surface area contributed by atoms with Crippen molar-refractivity contribution in [3.05, 3.63) is 289 Å². The number of fused-ring (bicyclic) bond motifs is 16. The van der Waals surface area contributed by atoms with Crippen molar-refractivity contribution >= 4 is 77.7 Å². The lowest BCUT2D eigenvalue weighted by Gasteiger charge is -2.33.